The molecule has 7 nitrogen and oxygen atoms in total. The molecule has 0 fully saturated rings. The second-order valence-corrected chi connectivity index (χ2v) is 4.99. The number of hydrogen-bond donors (Lipinski definition) is 3. The SMILES string of the molecule is CC(C)(CC(=O)O)NC(=O)NCCCn1ccnc1. The van der Waals surface area contributed by atoms with Crippen LogP contribution in [0.3, 0.4) is 0 Å². The zero-order chi connectivity index (χ0) is 14.3. The molecule has 0 spiro atoms. The Hall–Kier alpha value is -2.05. The lowest BCUT2D eigenvalue weighted by Gasteiger charge is -2.24. The van der Waals surface area contributed by atoms with E-state index in [1.54, 1.807) is 26.4 Å². The van der Waals surface area contributed by atoms with Gasteiger partial charge in [-0.1, -0.05) is 0 Å². The van der Waals surface area contributed by atoms with E-state index in [4.69, 9.17) is 5.11 Å². The van der Waals surface area contributed by atoms with Crippen LogP contribution in [-0.4, -0.2) is 38.7 Å². The first-order valence-corrected chi connectivity index (χ1v) is 6.12. The van der Waals surface area contributed by atoms with Crippen molar-refractivity contribution in [1.29, 1.82) is 0 Å². The summed E-state index contributed by atoms with van der Waals surface area (Å²) in [5.74, 6) is -0.939. The summed E-state index contributed by atoms with van der Waals surface area (Å²) >= 11 is 0. The van der Waals surface area contributed by atoms with Crippen LogP contribution in [-0.2, 0) is 11.3 Å². The number of aryl methyl sites for hydroxylation is 1. The number of imidazole rings is 1. The van der Waals surface area contributed by atoms with Gasteiger partial charge in [-0.25, -0.2) is 9.78 Å². The minimum Gasteiger partial charge on any atom is -0.481 e. The summed E-state index contributed by atoms with van der Waals surface area (Å²) < 4.78 is 1.92. The van der Waals surface area contributed by atoms with E-state index < -0.39 is 11.5 Å². The fourth-order valence-corrected chi connectivity index (χ4v) is 1.66. The highest BCUT2D eigenvalue weighted by molar-refractivity contribution is 5.76. The Morgan fingerprint density at radius 1 is 1.42 bits per heavy atom. The fraction of sp³-hybridized carbons (Fsp3) is 0.583. The Morgan fingerprint density at radius 2 is 2.16 bits per heavy atom. The Kier molecular flexibility index (Phi) is 5.35. The van der Waals surface area contributed by atoms with Crippen LogP contribution in [0.2, 0.25) is 0 Å². The molecule has 0 saturated carbocycles. The van der Waals surface area contributed by atoms with Crippen molar-refractivity contribution in [3.63, 3.8) is 0 Å². The number of nitrogens with one attached hydrogen (secondary N) is 2. The van der Waals surface area contributed by atoms with E-state index in [1.807, 2.05) is 10.8 Å². The van der Waals surface area contributed by atoms with Crippen molar-refractivity contribution in [2.45, 2.75) is 38.8 Å². The molecule has 7 heteroatoms. The van der Waals surface area contributed by atoms with Gasteiger partial charge >= 0.3 is 12.0 Å². The number of carbonyl (C=O) groups excluding carboxylic acids is 1. The average molecular weight is 268 g/mol. The van der Waals surface area contributed by atoms with E-state index in [9.17, 15) is 9.59 Å². The Morgan fingerprint density at radius 3 is 2.74 bits per heavy atom. The quantitative estimate of drug-likeness (QED) is 0.638. The van der Waals surface area contributed by atoms with Gasteiger partial charge < -0.3 is 20.3 Å². The van der Waals surface area contributed by atoms with Crippen LogP contribution in [0.4, 0.5) is 4.79 Å². The van der Waals surface area contributed by atoms with E-state index in [1.165, 1.54) is 0 Å². The molecule has 1 rings (SSSR count). The van der Waals surface area contributed by atoms with Crippen LogP contribution >= 0.6 is 0 Å². The summed E-state index contributed by atoms with van der Waals surface area (Å²) in [4.78, 5) is 26.1. The van der Waals surface area contributed by atoms with Crippen molar-refractivity contribution in [2.24, 2.45) is 0 Å². The number of urea groups is 1. The number of hydrogen-bond acceptors (Lipinski definition) is 3. The molecule has 106 valence electrons. The van der Waals surface area contributed by atoms with Crippen molar-refractivity contribution in [1.82, 2.24) is 20.2 Å². The number of aromatic nitrogens is 2. The maximum atomic E-state index is 11.6. The Balaban J connectivity index is 2.18. The molecule has 2 amide bonds. The normalized spacial score (nSPS) is 11.1. The summed E-state index contributed by atoms with van der Waals surface area (Å²) in [6.07, 6.45) is 5.94. The van der Waals surface area contributed by atoms with Gasteiger partial charge in [-0.2, -0.15) is 0 Å². The number of carboxylic acid groups (broad SMARTS) is 1. The van der Waals surface area contributed by atoms with Crippen molar-refractivity contribution in [3.05, 3.63) is 18.7 Å². The monoisotopic (exact) mass is 268 g/mol. The average Bonchev–Trinajstić information content (AvgIpc) is 2.74. The number of carbonyl (C=O) groups is 2. The first-order valence-electron chi connectivity index (χ1n) is 6.12. The number of amides is 2. The van der Waals surface area contributed by atoms with Crippen molar-refractivity contribution < 1.29 is 14.7 Å². The third-order valence-electron chi connectivity index (χ3n) is 2.48. The molecule has 0 saturated heterocycles. The zero-order valence-electron chi connectivity index (χ0n) is 11.2. The first-order chi connectivity index (χ1) is 8.89. The minimum atomic E-state index is -0.939. The molecule has 0 aromatic carbocycles. The van der Waals surface area contributed by atoms with E-state index in [0.717, 1.165) is 13.0 Å². The lowest BCUT2D eigenvalue weighted by Crippen LogP contribution is -2.49. The van der Waals surface area contributed by atoms with Gasteiger partial charge in [0.25, 0.3) is 0 Å². The summed E-state index contributed by atoms with van der Waals surface area (Å²) in [6.45, 7) is 4.64. The highest BCUT2D eigenvalue weighted by atomic mass is 16.4. The van der Waals surface area contributed by atoms with E-state index in [-0.39, 0.29) is 12.5 Å². The standard InChI is InChI=1S/C12H20N4O3/c1-12(2,8-10(17)18)15-11(19)14-4-3-6-16-7-5-13-9-16/h5,7,9H,3-4,6,8H2,1-2H3,(H,17,18)(H2,14,15,19). The van der Waals surface area contributed by atoms with Gasteiger partial charge in [-0.15, -0.1) is 0 Å². The maximum absolute atomic E-state index is 11.6. The van der Waals surface area contributed by atoms with E-state index in [0.29, 0.717) is 6.54 Å². The highest BCUT2D eigenvalue weighted by Gasteiger charge is 2.23. The van der Waals surface area contributed by atoms with Crippen LogP contribution < -0.4 is 10.6 Å². The molecule has 1 aromatic rings. The Bertz CT molecular complexity index is 415. The molecule has 0 unspecified atom stereocenters. The molecule has 0 bridgehead atoms. The molecule has 1 heterocycles. The van der Waals surface area contributed by atoms with Gasteiger partial charge in [-0.05, 0) is 20.3 Å². The first kappa shape index (κ1) is 15.0. The van der Waals surface area contributed by atoms with E-state index in [2.05, 4.69) is 15.6 Å². The van der Waals surface area contributed by atoms with Gasteiger partial charge in [-0.3, -0.25) is 4.79 Å². The van der Waals surface area contributed by atoms with Gasteiger partial charge in [0.15, 0.2) is 0 Å². The van der Waals surface area contributed by atoms with Gasteiger partial charge in [0.05, 0.1) is 12.7 Å². The highest BCUT2D eigenvalue weighted by Crippen LogP contribution is 2.07. The van der Waals surface area contributed by atoms with Crippen LogP contribution in [0.15, 0.2) is 18.7 Å². The van der Waals surface area contributed by atoms with Gasteiger partial charge in [0.1, 0.15) is 0 Å². The molecule has 0 aliphatic carbocycles. The summed E-state index contributed by atoms with van der Waals surface area (Å²) in [6, 6.07) is -0.350. The predicted octanol–water partition coefficient (Wildman–Crippen LogP) is 0.826. The van der Waals surface area contributed by atoms with E-state index >= 15 is 0 Å². The molecule has 0 aliphatic rings. The smallest absolute Gasteiger partial charge is 0.315 e. The molecule has 0 aliphatic heterocycles. The molecular weight excluding hydrogens is 248 g/mol. The van der Waals surface area contributed by atoms with Crippen LogP contribution in [0.5, 0.6) is 0 Å². The lowest BCUT2D eigenvalue weighted by atomic mass is 10.0. The van der Waals surface area contributed by atoms with Gasteiger partial charge in [0, 0.05) is 31.0 Å². The third kappa shape index (κ3) is 6.44. The largest absolute Gasteiger partial charge is 0.481 e. The number of carboxylic acids is 1. The van der Waals surface area contributed by atoms with Crippen LogP contribution in [0.1, 0.15) is 26.7 Å². The summed E-state index contributed by atoms with van der Waals surface area (Å²) in [5.41, 5.74) is -0.764. The zero-order valence-corrected chi connectivity index (χ0v) is 11.2. The number of aliphatic carboxylic acids is 1. The number of nitrogens with zero attached hydrogens (tertiary/aromatic N) is 2. The predicted molar refractivity (Wildman–Crippen MR) is 69.7 cm³/mol. The molecule has 0 radical (unpaired) electrons. The Labute approximate surface area is 112 Å². The van der Waals surface area contributed by atoms with Gasteiger partial charge in [0.2, 0.25) is 0 Å². The third-order valence-corrected chi connectivity index (χ3v) is 2.48. The topological polar surface area (TPSA) is 96.3 Å². The van der Waals surface area contributed by atoms with Crippen molar-refractivity contribution >= 4 is 12.0 Å². The van der Waals surface area contributed by atoms with Crippen molar-refractivity contribution in [3.8, 4) is 0 Å². The second-order valence-electron chi connectivity index (χ2n) is 4.99. The molecule has 0 atom stereocenters. The summed E-state index contributed by atoms with van der Waals surface area (Å²) in [5, 5.41) is 14.0. The van der Waals surface area contributed by atoms with Crippen LogP contribution in [0, 0.1) is 0 Å². The fourth-order valence-electron chi connectivity index (χ4n) is 1.66. The lowest BCUT2D eigenvalue weighted by molar-refractivity contribution is -0.138. The summed E-state index contributed by atoms with van der Waals surface area (Å²) in [7, 11) is 0. The van der Waals surface area contributed by atoms with Crippen molar-refractivity contribution in [2.75, 3.05) is 6.54 Å². The number of rotatable bonds is 7. The van der Waals surface area contributed by atoms with Crippen LogP contribution in [0.25, 0.3) is 0 Å². The molecule has 1 aromatic heterocycles. The molecule has 19 heavy (non-hydrogen) atoms. The maximum Gasteiger partial charge on any atom is 0.315 e. The molecule has 3 N–H and O–H groups in total. The molecular formula is C12H20N4O3. The minimum absolute atomic E-state index is 0.116. The second kappa shape index (κ2) is 6.77.